The summed E-state index contributed by atoms with van der Waals surface area (Å²) in [6.45, 7) is 2.67. The molecule has 12 nitrogen and oxygen atoms in total. The number of benzene rings is 4. The van der Waals surface area contributed by atoms with Crippen molar-refractivity contribution < 1.29 is 42.3 Å². The van der Waals surface area contributed by atoms with Crippen LogP contribution >= 0.6 is 23.2 Å². The van der Waals surface area contributed by atoms with Gasteiger partial charge in [-0.1, -0.05) is 115 Å². The normalized spacial score (nSPS) is 16.8. The number of carboxylic acids is 1. The molecule has 0 spiro atoms. The van der Waals surface area contributed by atoms with Crippen molar-refractivity contribution in [2.75, 3.05) is 6.61 Å². The molecule has 4 aromatic rings. The second kappa shape index (κ2) is 16.2. The zero-order valence-corrected chi connectivity index (χ0v) is 30.4. The van der Waals surface area contributed by atoms with Crippen LogP contribution in [0.5, 0.6) is 0 Å². The van der Waals surface area contributed by atoms with Gasteiger partial charge < -0.3 is 20.0 Å². The van der Waals surface area contributed by atoms with Crippen LogP contribution in [-0.2, 0) is 40.4 Å². The van der Waals surface area contributed by atoms with E-state index in [-0.39, 0.29) is 45.0 Å². The number of ketones is 1. The van der Waals surface area contributed by atoms with Crippen LogP contribution in [0.15, 0.2) is 101 Å². The molecule has 4 aromatic carbocycles. The lowest BCUT2D eigenvalue weighted by atomic mass is 9.85. The minimum atomic E-state index is -4.12. The van der Waals surface area contributed by atoms with Gasteiger partial charge in [0.2, 0.25) is 15.6 Å². The Hall–Kier alpha value is -4.82. The number of nitrogens with zero attached hydrogens (tertiary/aromatic N) is 1. The number of fused-ring (bicyclic) bond motifs is 1. The smallest absolute Gasteiger partial charge is 0.341 e. The number of carboxylic acid groups (broad SMARTS) is 1. The molecule has 1 aliphatic heterocycles. The van der Waals surface area contributed by atoms with E-state index in [0.717, 1.165) is 5.39 Å². The van der Waals surface area contributed by atoms with Crippen LogP contribution < -0.4 is 10.0 Å². The van der Waals surface area contributed by atoms with Gasteiger partial charge in [-0.3, -0.25) is 14.4 Å². The minimum absolute atomic E-state index is 0.0171. The number of oxime groups is 1. The summed E-state index contributed by atoms with van der Waals surface area (Å²) in [6, 6.07) is 22.6. The monoisotopic (exact) mass is 767 g/mol. The topological polar surface area (TPSA) is 178 Å². The SMILES string of the molecule is CC(C)C(NS(=O)(=O)c1cccc2ccccc12)C1=NOC(Cc2ccccc2)(C(=O)N[C@@H](CC(=O)O)C(=O)COC(=O)c2c(Cl)cccc2Cl)C1. The van der Waals surface area contributed by atoms with Crippen LogP contribution in [0.2, 0.25) is 10.0 Å². The Balaban J connectivity index is 1.39. The van der Waals surface area contributed by atoms with Crippen molar-refractivity contribution in [1.29, 1.82) is 0 Å². The fourth-order valence-corrected chi connectivity index (χ4v) is 8.01. The van der Waals surface area contributed by atoms with Gasteiger partial charge >= 0.3 is 11.9 Å². The Morgan fingerprint density at radius 1 is 0.923 bits per heavy atom. The van der Waals surface area contributed by atoms with Crippen molar-refractivity contribution in [3.63, 3.8) is 0 Å². The maximum Gasteiger partial charge on any atom is 0.341 e. The Morgan fingerprint density at radius 3 is 2.23 bits per heavy atom. The number of aliphatic carboxylic acids is 1. The van der Waals surface area contributed by atoms with Crippen molar-refractivity contribution in [3.05, 3.63) is 112 Å². The number of rotatable bonds is 15. The van der Waals surface area contributed by atoms with Crippen LogP contribution in [0, 0.1) is 5.92 Å². The number of nitrogens with one attached hydrogen (secondary N) is 2. The molecule has 0 saturated carbocycles. The van der Waals surface area contributed by atoms with E-state index >= 15 is 0 Å². The summed E-state index contributed by atoms with van der Waals surface area (Å²) in [5, 5.41) is 17.5. The number of Topliss-reactive ketones (excluding diaryl/α,β-unsaturated/α-hetero) is 1. The molecule has 15 heteroatoms. The third kappa shape index (κ3) is 8.79. The summed E-state index contributed by atoms with van der Waals surface area (Å²) in [5.74, 6) is -4.60. The van der Waals surface area contributed by atoms with Gasteiger partial charge in [0.25, 0.3) is 5.91 Å². The predicted molar refractivity (Wildman–Crippen MR) is 195 cm³/mol. The Labute approximate surface area is 310 Å². The number of hydrogen-bond donors (Lipinski definition) is 3. The summed E-state index contributed by atoms with van der Waals surface area (Å²) in [7, 11) is -4.12. The van der Waals surface area contributed by atoms with Gasteiger partial charge in [0.15, 0.2) is 12.4 Å². The van der Waals surface area contributed by atoms with Crippen LogP contribution in [0.25, 0.3) is 10.8 Å². The van der Waals surface area contributed by atoms with Crippen molar-refractivity contribution in [2.24, 2.45) is 11.1 Å². The zero-order valence-electron chi connectivity index (χ0n) is 28.0. The van der Waals surface area contributed by atoms with Crippen molar-refractivity contribution in [3.8, 4) is 0 Å². The molecule has 0 bridgehead atoms. The fourth-order valence-electron chi connectivity index (χ4n) is 5.85. The van der Waals surface area contributed by atoms with E-state index in [9.17, 15) is 32.7 Å². The van der Waals surface area contributed by atoms with Gasteiger partial charge in [0.1, 0.15) is 6.04 Å². The van der Waals surface area contributed by atoms with Gasteiger partial charge in [0.05, 0.1) is 38.7 Å². The number of hydrogen-bond acceptors (Lipinski definition) is 9. The summed E-state index contributed by atoms with van der Waals surface area (Å²) in [5.41, 5.74) is -1.12. The molecule has 272 valence electrons. The fraction of sp³-hybridized carbons (Fsp3) is 0.270. The second-order valence-electron chi connectivity index (χ2n) is 12.6. The second-order valence-corrected chi connectivity index (χ2v) is 15.1. The Morgan fingerprint density at radius 2 is 1.56 bits per heavy atom. The molecule has 3 atom stereocenters. The minimum Gasteiger partial charge on any atom is -0.481 e. The lowest BCUT2D eigenvalue weighted by Gasteiger charge is -2.29. The van der Waals surface area contributed by atoms with E-state index in [4.69, 9.17) is 32.8 Å². The van der Waals surface area contributed by atoms with E-state index in [2.05, 4.69) is 15.2 Å². The molecule has 5 rings (SSSR count). The third-order valence-corrected chi connectivity index (χ3v) is 10.6. The number of amides is 1. The number of carbonyl (C=O) groups is 4. The van der Waals surface area contributed by atoms with Crippen LogP contribution in [0.1, 0.15) is 42.6 Å². The average molecular weight is 769 g/mol. The molecule has 0 aromatic heterocycles. The molecule has 1 heterocycles. The highest BCUT2D eigenvalue weighted by molar-refractivity contribution is 7.89. The lowest BCUT2D eigenvalue weighted by molar-refractivity contribution is -0.148. The highest BCUT2D eigenvalue weighted by Gasteiger charge is 2.50. The molecule has 3 N–H and O–H groups in total. The van der Waals surface area contributed by atoms with Gasteiger partial charge in [-0.2, -0.15) is 0 Å². The summed E-state index contributed by atoms with van der Waals surface area (Å²) in [6.07, 6.45) is -1.12. The van der Waals surface area contributed by atoms with E-state index in [1.54, 1.807) is 74.5 Å². The first-order chi connectivity index (χ1) is 24.7. The first kappa shape index (κ1) is 38.4. The highest BCUT2D eigenvalue weighted by atomic mass is 35.5. The first-order valence-electron chi connectivity index (χ1n) is 16.2. The zero-order chi connectivity index (χ0) is 37.6. The number of carbonyl (C=O) groups excluding carboxylic acids is 3. The molecular weight excluding hydrogens is 733 g/mol. The van der Waals surface area contributed by atoms with Crippen molar-refractivity contribution in [2.45, 2.75) is 55.7 Å². The number of ether oxygens (including phenoxy) is 1. The molecule has 0 aliphatic carbocycles. The summed E-state index contributed by atoms with van der Waals surface area (Å²) >= 11 is 12.1. The maximum absolute atomic E-state index is 14.2. The van der Waals surface area contributed by atoms with Crippen molar-refractivity contribution in [1.82, 2.24) is 10.0 Å². The maximum atomic E-state index is 14.2. The van der Waals surface area contributed by atoms with E-state index in [1.807, 2.05) is 6.07 Å². The molecular formula is C37H35Cl2N3O9S. The van der Waals surface area contributed by atoms with Crippen LogP contribution in [-0.4, -0.2) is 67.2 Å². The Bertz CT molecular complexity index is 2120. The van der Waals surface area contributed by atoms with Crippen molar-refractivity contribution >= 4 is 73.3 Å². The van der Waals surface area contributed by atoms with Gasteiger partial charge in [0, 0.05) is 18.2 Å². The van der Waals surface area contributed by atoms with Gasteiger partial charge in [-0.25, -0.2) is 17.9 Å². The third-order valence-electron chi connectivity index (χ3n) is 8.48. The van der Waals surface area contributed by atoms with E-state index < -0.39 is 64.4 Å². The number of sulfonamides is 1. The van der Waals surface area contributed by atoms with E-state index in [1.165, 1.54) is 24.3 Å². The van der Waals surface area contributed by atoms with E-state index in [0.29, 0.717) is 10.9 Å². The van der Waals surface area contributed by atoms with Crippen LogP contribution in [0.4, 0.5) is 0 Å². The first-order valence-corrected chi connectivity index (χ1v) is 18.4. The molecule has 0 saturated heterocycles. The largest absolute Gasteiger partial charge is 0.481 e. The average Bonchev–Trinajstić information content (AvgIpc) is 3.53. The Kier molecular flexibility index (Phi) is 12.0. The quantitative estimate of drug-likeness (QED) is 0.130. The van der Waals surface area contributed by atoms with Gasteiger partial charge in [-0.05, 0) is 35.1 Å². The molecule has 1 aliphatic rings. The molecule has 2 unspecified atom stereocenters. The lowest BCUT2D eigenvalue weighted by Crippen LogP contribution is -2.55. The highest BCUT2D eigenvalue weighted by Crippen LogP contribution is 2.33. The standard InChI is InChI=1S/C37H35Cl2N3O9S/c1-22(2)34(42-52(48,49)31-17-8-13-24-12-6-7-14-25(24)31)29-20-37(51-41-29,19-23-10-4-3-5-11-23)36(47)40-28(18-32(44)45)30(43)21-50-35(46)33-26(38)15-9-16-27(33)39/h3-17,22,28,34,42H,18-21H2,1-2H3,(H,40,47)(H,44,45)/t28-,34?,37?/m0/s1. The summed E-state index contributed by atoms with van der Waals surface area (Å²) < 4.78 is 35.5. The number of halogens is 2. The molecule has 0 radical (unpaired) electrons. The summed E-state index contributed by atoms with van der Waals surface area (Å²) in [4.78, 5) is 57.9. The predicted octanol–water partition coefficient (Wildman–Crippen LogP) is 5.59. The molecule has 0 fully saturated rings. The van der Waals surface area contributed by atoms with Gasteiger partial charge in [-0.15, -0.1) is 0 Å². The molecule has 1 amide bonds. The number of esters is 1. The van der Waals surface area contributed by atoms with Crippen LogP contribution in [0.3, 0.4) is 0 Å². The molecule has 52 heavy (non-hydrogen) atoms.